The van der Waals surface area contributed by atoms with E-state index in [0.717, 1.165) is 0 Å². The molecule has 0 amide bonds. The van der Waals surface area contributed by atoms with Crippen LogP contribution in [0, 0.1) is 0 Å². The van der Waals surface area contributed by atoms with Crippen molar-refractivity contribution < 1.29 is 23.7 Å². The fraction of sp³-hybridized carbons (Fsp3) is 0.562. The van der Waals surface area contributed by atoms with Crippen LogP contribution in [0.4, 0.5) is 0 Å². The molecule has 0 unspecified atom stereocenters. The Morgan fingerprint density at radius 2 is 1.81 bits per heavy atom. The molecule has 0 aromatic heterocycles. The van der Waals surface area contributed by atoms with E-state index in [1.807, 2.05) is 27.7 Å². The molecule has 0 saturated carbocycles. The SMILES string of the molecule is COC(=O)c1ccc(OC[C@@H]2OC(C)(C)OC2(C)C)cc1. The molecule has 116 valence electrons. The Bertz CT molecular complexity index is 504. The Morgan fingerprint density at radius 1 is 1.19 bits per heavy atom. The maximum atomic E-state index is 11.3. The van der Waals surface area contributed by atoms with E-state index in [-0.39, 0.29) is 12.1 Å². The molecule has 0 spiro atoms. The first-order valence-electron chi connectivity index (χ1n) is 6.93. The molecule has 5 heteroatoms. The fourth-order valence-corrected chi connectivity index (χ4v) is 2.42. The minimum atomic E-state index is -0.605. The van der Waals surface area contributed by atoms with Crippen LogP contribution in [0.2, 0.25) is 0 Å². The molecular weight excluding hydrogens is 272 g/mol. The van der Waals surface area contributed by atoms with Crippen LogP contribution in [0.5, 0.6) is 5.75 Å². The molecule has 21 heavy (non-hydrogen) atoms. The number of hydrogen-bond acceptors (Lipinski definition) is 5. The predicted octanol–water partition coefficient (Wildman–Crippen LogP) is 2.78. The maximum absolute atomic E-state index is 11.3. The highest BCUT2D eigenvalue weighted by Crippen LogP contribution is 2.36. The van der Waals surface area contributed by atoms with Crippen LogP contribution in [0.25, 0.3) is 0 Å². The van der Waals surface area contributed by atoms with E-state index in [4.69, 9.17) is 14.2 Å². The van der Waals surface area contributed by atoms with E-state index in [0.29, 0.717) is 17.9 Å². The van der Waals surface area contributed by atoms with Gasteiger partial charge in [0.1, 0.15) is 18.5 Å². The smallest absolute Gasteiger partial charge is 0.337 e. The van der Waals surface area contributed by atoms with Gasteiger partial charge >= 0.3 is 5.97 Å². The van der Waals surface area contributed by atoms with Gasteiger partial charge in [-0.2, -0.15) is 0 Å². The van der Waals surface area contributed by atoms with Crippen molar-refractivity contribution in [1.82, 2.24) is 0 Å². The van der Waals surface area contributed by atoms with Crippen LogP contribution in [0.15, 0.2) is 24.3 Å². The second kappa shape index (κ2) is 5.66. The van der Waals surface area contributed by atoms with Gasteiger partial charge < -0.3 is 18.9 Å². The number of rotatable bonds is 4. The summed E-state index contributed by atoms with van der Waals surface area (Å²) >= 11 is 0. The van der Waals surface area contributed by atoms with Gasteiger partial charge in [-0.15, -0.1) is 0 Å². The number of carbonyl (C=O) groups is 1. The molecular formula is C16H22O5. The molecule has 1 saturated heterocycles. The molecule has 5 nitrogen and oxygen atoms in total. The minimum Gasteiger partial charge on any atom is -0.491 e. The van der Waals surface area contributed by atoms with Gasteiger partial charge in [-0.3, -0.25) is 0 Å². The second-order valence-corrected chi connectivity index (χ2v) is 6.04. The van der Waals surface area contributed by atoms with Crippen molar-refractivity contribution in [3.8, 4) is 5.75 Å². The molecule has 1 aliphatic rings. The number of carbonyl (C=O) groups excluding carboxylic acids is 1. The maximum Gasteiger partial charge on any atom is 0.337 e. The van der Waals surface area contributed by atoms with E-state index in [2.05, 4.69) is 4.74 Å². The Hall–Kier alpha value is -1.59. The largest absolute Gasteiger partial charge is 0.491 e. The lowest BCUT2D eigenvalue weighted by molar-refractivity contribution is -0.158. The Balaban J connectivity index is 1.96. The summed E-state index contributed by atoms with van der Waals surface area (Å²) in [7, 11) is 1.36. The highest BCUT2D eigenvalue weighted by atomic mass is 16.8. The van der Waals surface area contributed by atoms with E-state index >= 15 is 0 Å². The van der Waals surface area contributed by atoms with Gasteiger partial charge in [-0.25, -0.2) is 4.79 Å². The average molecular weight is 294 g/mol. The fourth-order valence-electron chi connectivity index (χ4n) is 2.42. The van der Waals surface area contributed by atoms with Gasteiger partial charge in [0.2, 0.25) is 0 Å². The van der Waals surface area contributed by atoms with Crippen molar-refractivity contribution in [2.24, 2.45) is 0 Å². The van der Waals surface area contributed by atoms with Gasteiger partial charge in [0.25, 0.3) is 0 Å². The van der Waals surface area contributed by atoms with Crippen LogP contribution in [-0.4, -0.2) is 37.2 Å². The molecule has 1 heterocycles. The quantitative estimate of drug-likeness (QED) is 0.799. The van der Waals surface area contributed by atoms with Crippen LogP contribution in [0.1, 0.15) is 38.1 Å². The molecule has 2 rings (SSSR count). The van der Waals surface area contributed by atoms with Crippen molar-refractivity contribution in [1.29, 1.82) is 0 Å². The first-order valence-corrected chi connectivity index (χ1v) is 6.93. The summed E-state index contributed by atoms with van der Waals surface area (Å²) in [5.41, 5.74) is 0.0851. The molecule has 1 aliphatic heterocycles. The third kappa shape index (κ3) is 3.74. The molecule has 0 bridgehead atoms. The van der Waals surface area contributed by atoms with Gasteiger partial charge in [0.15, 0.2) is 5.79 Å². The van der Waals surface area contributed by atoms with Gasteiger partial charge in [-0.05, 0) is 52.0 Å². The van der Waals surface area contributed by atoms with E-state index < -0.39 is 11.4 Å². The normalized spacial score (nSPS) is 22.8. The first kappa shape index (κ1) is 15.8. The first-order chi connectivity index (χ1) is 9.73. The average Bonchev–Trinajstić information content (AvgIpc) is 2.63. The number of esters is 1. The predicted molar refractivity (Wildman–Crippen MR) is 77.4 cm³/mol. The van der Waals surface area contributed by atoms with Crippen LogP contribution >= 0.6 is 0 Å². The van der Waals surface area contributed by atoms with Gasteiger partial charge in [0, 0.05) is 0 Å². The number of benzene rings is 1. The highest BCUT2D eigenvalue weighted by Gasteiger charge is 2.47. The van der Waals surface area contributed by atoms with E-state index in [1.54, 1.807) is 24.3 Å². The summed E-state index contributed by atoms with van der Waals surface area (Å²) < 4.78 is 22.1. The second-order valence-electron chi connectivity index (χ2n) is 6.04. The highest BCUT2D eigenvalue weighted by molar-refractivity contribution is 5.89. The molecule has 1 aromatic rings. The zero-order valence-electron chi connectivity index (χ0n) is 13.1. The van der Waals surface area contributed by atoms with Crippen LogP contribution in [-0.2, 0) is 14.2 Å². The standard InChI is InChI=1S/C16H22O5/c1-15(2)13(20-16(3,4)21-15)10-19-12-8-6-11(7-9-12)14(17)18-5/h6-9,13H,10H2,1-5H3/t13-/m0/s1. The van der Waals surface area contributed by atoms with Crippen molar-refractivity contribution in [3.05, 3.63) is 29.8 Å². The van der Waals surface area contributed by atoms with Crippen LogP contribution in [0.3, 0.4) is 0 Å². The van der Waals surface area contributed by atoms with Crippen molar-refractivity contribution in [3.63, 3.8) is 0 Å². The zero-order valence-corrected chi connectivity index (χ0v) is 13.1. The minimum absolute atomic E-state index is 0.159. The Morgan fingerprint density at radius 3 is 2.29 bits per heavy atom. The summed E-state index contributed by atoms with van der Waals surface area (Å²) in [4.78, 5) is 11.3. The Labute approximate surface area is 125 Å². The lowest BCUT2D eigenvalue weighted by Crippen LogP contribution is -2.37. The zero-order chi connectivity index (χ0) is 15.7. The number of methoxy groups -OCH3 is 1. The molecule has 1 atom stereocenters. The third-order valence-corrected chi connectivity index (χ3v) is 3.39. The molecule has 0 N–H and O–H groups in total. The Kier molecular flexibility index (Phi) is 4.25. The lowest BCUT2D eigenvalue weighted by atomic mass is 10.0. The molecule has 1 fully saturated rings. The van der Waals surface area contributed by atoms with Gasteiger partial charge in [0.05, 0.1) is 18.3 Å². The monoisotopic (exact) mass is 294 g/mol. The summed E-state index contributed by atoms with van der Waals surface area (Å²) in [5, 5.41) is 0. The van der Waals surface area contributed by atoms with Crippen molar-refractivity contribution in [2.75, 3.05) is 13.7 Å². The summed E-state index contributed by atoms with van der Waals surface area (Å²) in [6.07, 6.45) is -0.159. The topological polar surface area (TPSA) is 54.0 Å². The summed E-state index contributed by atoms with van der Waals surface area (Å²) in [5.74, 6) is -0.296. The molecule has 1 aromatic carbocycles. The molecule has 0 radical (unpaired) electrons. The van der Waals surface area contributed by atoms with E-state index in [1.165, 1.54) is 7.11 Å². The van der Waals surface area contributed by atoms with Crippen LogP contribution < -0.4 is 4.74 Å². The van der Waals surface area contributed by atoms with Gasteiger partial charge in [-0.1, -0.05) is 0 Å². The van der Waals surface area contributed by atoms with E-state index in [9.17, 15) is 4.79 Å². The number of ether oxygens (including phenoxy) is 4. The van der Waals surface area contributed by atoms with Crippen molar-refractivity contribution in [2.45, 2.75) is 45.2 Å². The molecule has 0 aliphatic carbocycles. The third-order valence-electron chi connectivity index (χ3n) is 3.39. The summed E-state index contributed by atoms with van der Waals surface area (Å²) in [6.45, 7) is 8.13. The number of hydrogen-bond donors (Lipinski definition) is 0. The van der Waals surface area contributed by atoms with Crippen molar-refractivity contribution >= 4 is 5.97 Å². The summed E-state index contributed by atoms with van der Waals surface area (Å²) in [6, 6.07) is 6.81. The lowest BCUT2D eigenvalue weighted by Gasteiger charge is -2.23.